The minimum Gasteiger partial charge on any atom is -0.456 e. The maximum atomic E-state index is 13.1. The fourth-order valence-corrected chi connectivity index (χ4v) is 2.72. The molecule has 0 atom stereocenters. The maximum Gasteiger partial charge on any atom is 0.339 e. The van der Waals surface area contributed by atoms with Crippen LogP contribution in [0.25, 0.3) is 5.65 Å². The molecule has 3 rings (SSSR count). The summed E-state index contributed by atoms with van der Waals surface area (Å²) in [6.07, 6.45) is 1.69. The molecule has 0 saturated carbocycles. The quantitative estimate of drug-likeness (QED) is 0.644. The van der Waals surface area contributed by atoms with Crippen molar-refractivity contribution < 1.29 is 13.9 Å². The van der Waals surface area contributed by atoms with Crippen LogP contribution in [0.1, 0.15) is 21.6 Å². The summed E-state index contributed by atoms with van der Waals surface area (Å²) in [6, 6.07) is 8.56. The molecule has 1 aromatic carbocycles. The number of hydrogen-bond donors (Lipinski definition) is 0. The number of aromatic nitrogens is 2. The SMILES string of the molecule is Cc1ccc2nc(COC(=O)c3ccc(F)cc3Br)cc(=O)n2c1. The summed E-state index contributed by atoms with van der Waals surface area (Å²) in [5.74, 6) is -1.09. The summed E-state index contributed by atoms with van der Waals surface area (Å²) in [4.78, 5) is 28.4. The van der Waals surface area contributed by atoms with Crippen molar-refractivity contribution in [1.29, 1.82) is 0 Å². The van der Waals surface area contributed by atoms with E-state index >= 15 is 0 Å². The molecule has 5 nitrogen and oxygen atoms in total. The molecular weight excluding hydrogens is 379 g/mol. The average molecular weight is 391 g/mol. The third-order valence-corrected chi connectivity index (χ3v) is 4.02. The number of halogens is 2. The van der Waals surface area contributed by atoms with Gasteiger partial charge < -0.3 is 4.74 Å². The van der Waals surface area contributed by atoms with Gasteiger partial charge in [-0.25, -0.2) is 14.2 Å². The molecule has 0 spiro atoms. The van der Waals surface area contributed by atoms with Gasteiger partial charge in [-0.3, -0.25) is 9.20 Å². The number of esters is 1. The molecule has 7 heteroatoms. The third-order valence-electron chi connectivity index (χ3n) is 3.36. The Morgan fingerprint density at radius 1 is 1.29 bits per heavy atom. The van der Waals surface area contributed by atoms with Gasteiger partial charge in [0.1, 0.15) is 18.1 Å². The highest BCUT2D eigenvalue weighted by Gasteiger charge is 2.13. The van der Waals surface area contributed by atoms with E-state index in [-0.39, 0.29) is 17.7 Å². The Labute approximate surface area is 144 Å². The second-order valence-electron chi connectivity index (χ2n) is 5.22. The van der Waals surface area contributed by atoms with E-state index in [2.05, 4.69) is 20.9 Å². The molecule has 0 saturated heterocycles. The Morgan fingerprint density at radius 2 is 2.08 bits per heavy atom. The minimum atomic E-state index is -0.632. The van der Waals surface area contributed by atoms with Gasteiger partial charge in [-0.05, 0) is 52.7 Å². The lowest BCUT2D eigenvalue weighted by Gasteiger charge is -2.07. The number of aryl methyl sites for hydroxylation is 1. The lowest BCUT2D eigenvalue weighted by molar-refractivity contribution is 0.0466. The molecule has 0 aliphatic carbocycles. The molecule has 0 aliphatic rings. The topological polar surface area (TPSA) is 60.7 Å². The average Bonchev–Trinajstić information content (AvgIpc) is 2.53. The number of benzene rings is 1. The van der Waals surface area contributed by atoms with Gasteiger partial charge in [0.25, 0.3) is 5.56 Å². The first-order chi connectivity index (χ1) is 11.4. The molecule has 2 heterocycles. The fourth-order valence-electron chi connectivity index (χ4n) is 2.20. The summed E-state index contributed by atoms with van der Waals surface area (Å²) in [5.41, 5.74) is 1.70. The molecule has 0 amide bonds. The molecule has 0 fully saturated rings. The van der Waals surface area contributed by atoms with Crippen LogP contribution >= 0.6 is 15.9 Å². The van der Waals surface area contributed by atoms with Crippen molar-refractivity contribution in [3.05, 3.63) is 80.1 Å². The summed E-state index contributed by atoms with van der Waals surface area (Å²) >= 11 is 3.12. The van der Waals surface area contributed by atoms with Crippen LogP contribution in [-0.2, 0) is 11.3 Å². The van der Waals surface area contributed by atoms with Crippen LogP contribution in [-0.4, -0.2) is 15.4 Å². The first kappa shape index (κ1) is 16.3. The number of carbonyl (C=O) groups is 1. The minimum absolute atomic E-state index is 0.151. The number of ether oxygens (including phenoxy) is 1. The van der Waals surface area contributed by atoms with Crippen molar-refractivity contribution in [2.24, 2.45) is 0 Å². The van der Waals surface area contributed by atoms with Crippen molar-refractivity contribution in [1.82, 2.24) is 9.38 Å². The van der Waals surface area contributed by atoms with Crippen molar-refractivity contribution in [3.8, 4) is 0 Å². The van der Waals surface area contributed by atoms with Gasteiger partial charge >= 0.3 is 5.97 Å². The first-order valence-electron chi connectivity index (χ1n) is 7.05. The highest BCUT2D eigenvalue weighted by molar-refractivity contribution is 9.10. The number of hydrogen-bond acceptors (Lipinski definition) is 4. The molecule has 0 bridgehead atoms. The largest absolute Gasteiger partial charge is 0.456 e. The maximum absolute atomic E-state index is 13.1. The van der Waals surface area contributed by atoms with Crippen molar-refractivity contribution in [3.63, 3.8) is 0 Å². The van der Waals surface area contributed by atoms with E-state index in [4.69, 9.17) is 4.74 Å². The van der Waals surface area contributed by atoms with E-state index in [0.717, 1.165) is 5.56 Å². The van der Waals surface area contributed by atoms with E-state index in [9.17, 15) is 14.0 Å². The third kappa shape index (κ3) is 3.35. The van der Waals surface area contributed by atoms with E-state index < -0.39 is 11.8 Å². The molecule has 122 valence electrons. The first-order valence-corrected chi connectivity index (χ1v) is 7.84. The van der Waals surface area contributed by atoms with Crippen LogP contribution in [0.4, 0.5) is 4.39 Å². The van der Waals surface area contributed by atoms with Crippen molar-refractivity contribution in [2.75, 3.05) is 0 Å². The Balaban J connectivity index is 1.81. The lowest BCUT2D eigenvalue weighted by Crippen LogP contribution is -2.17. The van der Waals surface area contributed by atoms with E-state index in [1.807, 2.05) is 13.0 Å². The summed E-state index contributed by atoms with van der Waals surface area (Å²) in [5, 5.41) is 0. The molecule has 0 radical (unpaired) electrons. The zero-order valence-corrected chi connectivity index (χ0v) is 14.2. The lowest BCUT2D eigenvalue weighted by atomic mass is 10.2. The summed E-state index contributed by atoms with van der Waals surface area (Å²) < 4.78 is 19.9. The highest BCUT2D eigenvalue weighted by atomic mass is 79.9. The van der Waals surface area contributed by atoms with Crippen LogP contribution in [0.5, 0.6) is 0 Å². The van der Waals surface area contributed by atoms with E-state index in [1.54, 1.807) is 12.3 Å². The van der Waals surface area contributed by atoms with Crippen molar-refractivity contribution >= 4 is 27.5 Å². The number of pyridine rings is 1. The van der Waals surface area contributed by atoms with Gasteiger partial charge in [0.2, 0.25) is 0 Å². The summed E-state index contributed by atoms with van der Waals surface area (Å²) in [6.45, 7) is 1.73. The Kier molecular flexibility index (Phi) is 4.44. The molecule has 0 unspecified atom stereocenters. The van der Waals surface area contributed by atoms with Gasteiger partial charge in [-0.2, -0.15) is 0 Å². The van der Waals surface area contributed by atoms with Gasteiger partial charge in [0.15, 0.2) is 0 Å². The molecule has 0 N–H and O–H groups in total. The molecule has 3 aromatic rings. The zero-order valence-electron chi connectivity index (χ0n) is 12.6. The standard InChI is InChI=1S/C17H12BrFN2O3/c1-10-2-5-15-20-12(7-16(22)21(15)8-10)9-24-17(23)13-4-3-11(19)6-14(13)18/h2-8H,9H2,1H3. The number of nitrogens with zero attached hydrogens (tertiary/aromatic N) is 2. The highest BCUT2D eigenvalue weighted by Crippen LogP contribution is 2.19. The van der Waals surface area contributed by atoms with Gasteiger partial charge in [0, 0.05) is 16.7 Å². The van der Waals surface area contributed by atoms with Gasteiger partial charge in [0.05, 0.1) is 11.3 Å². The fraction of sp³-hybridized carbons (Fsp3) is 0.118. The number of carbonyl (C=O) groups excluding carboxylic acids is 1. The normalized spacial score (nSPS) is 10.8. The second-order valence-corrected chi connectivity index (χ2v) is 6.08. The molecule has 2 aromatic heterocycles. The van der Waals surface area contributed by atoms with Crippen LogP contribution in [0.15, 0.2) is 51.9 Å². The monoisotopic (exact) mass is 390 g/mol. The molecule has 24 heavy (non-hydrogen) atoms. The summed E-state index contributed by atoms with van der Waals surface area (Å²) in [7, 11) is 0. The molecule has 0 aliphatic heterocycles. The van der Waals surface area contributed by atoms with Crippen LogP contribution in [0.3, 0.4) is 0 Å². The zero-order chi connectivity index (χ0) is 17.3. The Bertz CT molecular complexity index is 1000. The van der Waals surface area contributed by atoms with Crippen LogP contribution in [0.2, 0.25) is 0 Å². The van der Waals surface area contributed by atoms with Crippen LogP contribution in [0, 0.1) is 12.7 Å². The van der Waals surface area contributed by atoms with Gasteiger partial charge in [-0.15, -0.1) is 0 Å². The van der Waals surface area contributed by atoms with Crippen molar-refractivity contribution in [2.45, 2.75) is 13.5 Å². The Hall–Kier alpha value is -2.54. The number of fused-ring (bicyclic) bond motifs is 1. The predicted molar refractivity (Wildman–Crippen MR) is 89.4 cm³/mol. The molecular formula is C17H12BrFN2O3. The van der Waals surface area contributed by atoms with E-state index in [0.29, 0.717) is 15.8 Å². The Morgan fingerprint density at radius 3 is 2.83 bits per heavy atom. The van der Waals surface area contributed by atoms with E-state index in [1.165, 1.54) is 28.7 Å². The van der Waals surface area contributed by atoms with Crippen LogP contribution < -0.4 is 5.56 Å². The second kappa shape index (κ2) is 6.52. The smallest absolute Gasteiger partial charge is 0.339 e. The predicted octanol–water partition coefficient (Wildman–Crippen LogP) is 3.26. The van der Waals surface area contributed by atoms with Gasteiger partial charge in [-0.1, -0.05) is 6.07 Å². The number of rotatable bonds is 3.